The standard InChI is InChI=1S/C20H20N4O3.C6H8N2/c1-11-12(2)22-20-17(21-11)16(14-4-3-5-15-18(14)27-10-26-15)23-19(24-20)13-6-8-25-9-7-13;1-4-7-8(5-1)6-2-3-6/h3-5,13H,6-10H2,1-2H3;1,4-6H,2-3H2. The number of ether oxygens (including phenoxy) is 3. The average Bonchev–Trinajstić information content (AvgIpc) is 3.37. The van der Waals surface area contributed by atoms with Crippen molar-refractivity contribution >= 4 is 11.2 Å². The van der Waals surface area contributed by atoms with Gasteiger partial charge in [-0.1, -0.05) is 6.07 Å². The van der Waals surface area contributed by atoms with Gasteiger partial charge in [-0.25, -0.2) is 19.9 Å². The average molecular weight is 473 g/mol. The van der Waals surface area contributed by atoms with Crippen LogP contribution in [-0.4, -0.2) is 49.7 Å². The number of hydrogen-bond acceptors (Lipinski definition) is 8. The third-order valence-corrected chi connectivity index (χ3v) is 6.64. The molecule has 1 saturated carbocycles. The highest BCUT2D eigenvalue weighted by atomic mass is 16.7. The highest BCUT2D eigenvalue weighted by Crippen LogP contribution is 2.42. The van der Waals surface area contributed by atoms with Crippen LogP contribution in [0.3, 0.4) is 0 Å². The van der Waals surface area contributed by atoms with Crippen molar-refractivity contribution in [3.8, 4) is 22.8 Å². The molecule has 9 nitrogen and oxygen atoms in total. The van der Waals surface area contributed by atoms with Crippen LogP contribution in [0.1, 0.15) is 54.9 Å². The molecule has 0 N–H and O–H groups in total. The maximum absolute atomic E-state index is 5.72. The number of hydrogen-bond donors (Lipinski definition) is 0. The Kier molecular flexibility index (Phi) is 5.77. The minimum Gasteiger partial charge on any atom is -0.454 e. The number of rotatable bonds is 3. The van der Waals surface area contributed by atoms with Crippen molar-refractivity contribution in [2.75, 3.05) is 20.0 Å². The Morgan fingerprint density at radius 1 is 0.886 bits per heavy atom. The van der Waals surface area contributed by atoms with E-state index in [2.05, 4.69) is 5.10 Å². The molecule has 1 saturated heterocycles. The lowest BCUT2D eigenvalue weighted by Gasteiger charge is -2.21. The normalized spacial score (nSPS) is 17.3. The van der Waals surface area contributed by atoms with Crippen LogP contribution in [0.4, 0.5) is 0 Å². The Labute approximate surface area is 203 Å². The first kappa shape index (κ1) is 21.9. The molecule has 0 bridgehead atoms. The third kappa shape index (κ3) is 4.43. The SMILES string of the molecule is Cc1nc2nc(C3CCOCC3)nc(-c3cccc4c3OCO4)c2nc1C.c1cnn(C2CC2)c1. The van der Waals surface area contributed by atoms with E-state index in [4.69, 9.17) is 34.1 Å². The fourth-order valence-corrected chi connectivity index (χ4v) is 4.41. The van der Waals surface area contributed by atoms with Crippen LogP contribution < -0.4 is 9.47 Å². The molecule has 180 valence electrons. The van der Waals surface area contributed by atoms with E-state index in [1.54, 1.807) is 0 Å². The predicted molar refractivity (Wildman–Crippen MR) is 129 cm³/mol. The molecule has 0 spiro atoms. The van der Waals surface area contributed by atoms with Gasteiger partial charge < -0.3 is 14.2 Å². The van der Waals surface area contributed by atoms with E-state index >= 15 is 0 Å². The Bertz CT molecular complexity index is 1350. The maximum Gasteiger partial charge on any atom is 0.231 e. The van der Waals surface area contributed by atoms with E-state index in [9.17, 15) is 0 Å². The molecule has 4 aromatic rings. The number of aryl methyl sites for hydroxylation is 2. The topological polar surface area (TPSA) is 97.1 Å². The van der Waals surface area contributed by atoms with Crippen molar-refractivity contribution in [1.82, 2.24) is 29.7 Å². The number of benzene rings is 1. The molecule has 9 heteroatoms. The van der Waals surface area contributed by atoms with E-state index in [1.165, 1.54) is 12.8 Å². The van der Waals surface area contributed by atoms with Gasteiger partial charge in [0.05, 0.1) is 17.4 Å². The zero-order chi connectivity index (χ0) is 23.8. The van der Waals surface area contributed by atoms with Gasteiger partial charge in [0.25, 0.3) is 0 Å². The van der Waals surface area contributed by atoms with E-state index < -0.39 is 0 Å². The second-order valence-electron chi connectivity index (χ2n) is 9.14. The van der Waals surface area contributed by atoms with Gasteiger partial charge in [0.2, 0.25) is 6.79 Å². The lowest BCUT2D eigenvalue weighted by Crippen LogP contribution is -2.17. The van der Waals surface area contributed by atoms with Crippen molar-refractivity contribution in [1.29, 1.82) is 0 Å². The van der Waals surface area contributed by atoms with Crippen LogP contribution in [0, 0.1) is 13.8 Å². The first-order chi connectivity index (χ1) is 17.2. The molecule has 2 fully saturated rings. The summed E-state index contributed by atoms with van der Waals surface area (Å²) in [6.45, 7) is 5.59. The summed E-state index contributed by atoms with van der Waals surface area (Å²) < 4.78 is 18.8. The van der Waals surface area contributed by atoms with Gasteiger partial charge in [0, 0.05) is 37.1 Å². The van der Waals surface area contributed by atoms with Gasteiger partial charge in [0.1, 0.15) is 17.0 Å². The lowest BCUT2D eigenvalue weighted by atomic mass is 9.99. The Morgan fingerprint density at radius 3 is 2.49 bits per heavy atom. The number of aromatic nitrogens is 6. The van der Waals surface area contributed by atoms with Crippen LogP contribution in [0.15, 0.2) is 36.7 Å². The molecule has 35 heavy (non-hydrogen) atoms. The summed E-state index contributed by atoms with van der Waals surface area (Å²) in [5.41, 5.74) is 4.68. The van der Waals surface area contributed by atoms with Gasteiger partial charge in [-0.05, 0) is 57.7 Å². The summed E-state index contributed by atoms with van der Waals surface area (Å²) >= 11 is 0. The van der Waals surface area contributed by atoms with E-state index in [0.29, 0.717) is 16.9 Å². The van der Waals surface area contributed by atoms with Gasteiger partial charge in [-0.2, -0.15) is 5.10 Å². The second kappa shape index (κ2) is 9.22. The van der Waals surface area contributed by atoms with Crippen LogP contribution >= 0.6 is 0 Å². The lowest BCUT2D eigenvalue weighted by molar-refractivity contribution is 0.0836. The predicted octanol–water partition coefficient (Wildman–Crippen LogP) is 4.54. The zero-order valence-electron chi connectivity index (χ0n) is 20.0. The molecular formula is C26H28N6O3. The molecule has 0 radical (unpaired) electrons. The van der Waals surface area contributed by atoms with Crippen molar-refractivity contribution < 1.29 is 14.2 Å². The first-order valence-corrected chi connectivity index (χ1v) is 12.2. The molecule has 5 heterocycles. The van der Waals surface area contributed by atoms with Crippen LogP contribution in [0.2, 0.25) is 0 Å². The minimum absolute atomic E-state index is 0.214. The molecule has 2 aliphatic heterocycles. The van der Waals surface area contributed by atoms with E-state index in [0.717, 1.165) is 66.3 Å². The zero-order valence-corrected chi connectivity index (χ0v) is 20.0. The fraction of sp³-hybridized carbons (Fsp3) is 0.423. The van der Waals surface area contributed by atoms with Crippen LogP contribution in [0.25, 0.3) is 22.4 Å². The molecule has 7 rings (SSSR count). The van der Waals surface area contributed by atoms with Gasteiger partial charge >= 0.3 is 0 Å². The number of nitrogens with zero attached hydrogens (tertiary/aromatic N) is 6. The van der Waals surface area contributed by atoms with Gasteiger partial charge in [-0.3, -0.25) is 4.68 Å². The Balaban J connectivity index is 0.000000240. The monoisotopic (exact) mass is 472 g/mol. The molecule has 3 aliphatic rings. The summed E-state index contributed by atoms with van der Waals surface area (Å²) in [5, 5.41) is 4.09. The Hall–Kier alpha value is -3.59. The minimum atomic E-state index is 0.214. The van der Waals surface area contributed by atoms with Crippen LogP contribution in [-0.2, 0) is 4.74 Å². The van der Waals surface area contributed by atoms with Gasteiger partial charge in [0.15, 0.2) is 17.1 Å². The van der Waals surface area contributed by atoms with E-state index in [-0.39, 0.29) is 12.7 Å². The highest BCUT2D eigenvalue weighted by molar-refractivity contribution is 5.90. The summed E-state index contributed by atoms with van der Waals surface area (Å²) in [6, 6.07) is 8.54. The fourth-order valence-electron chi connectivity index (χ4n) is 4.41. The van der Waals surface area contributed by atoms with Crippen molar-refractivity contribution in [2.24, 2.45) is 0 Å². The molecule has 0 atom stereocenters. The highest BCUT2D eigenvalue weighted by Gasteiger charge is 2.26. The number of fused-ring (bicyclic) bond motifs is 2. The number of para-hydroxylation sites is 1. The Morgan fingerprint density at radius 2 is 1.71 bits per heavy atom. The quantitative estimate of drug-likeness (QED) is 0.429. The molecule has 0 unspecified atom stereocenters. The smallest absolute Gasteiger partial charge is 0.231 e. The maximum atomic E-state index is 5.72. The van der Waals surface area contributed by atoms with Crippen molar-refractivity contribution in [2.45, 2.75) is 51.5 Å². The summed E-state index contributed by atoms with van der Waals surface area (Å²) in [7, 11) is 0. The summed E-state index contributed by atoms with van der Waals surface area (Å²) in [5.74, 6) is 2.49. The molecular weight excluding hydrogens is 444 g/mol. The third-order valence-electron chi connectivity index (χ3n) is 6.64. The molecule has 1 aliphatic carbocycles. The molecule has 0 amide bonds. The first-order valence-electron chi connectivity index (χ1n) is 12.2. The van der Waals surface area contributed by atoms with Crippen molar-refractivity contribution in [3.05, 3.63) is 53.9 Å². The summed E-state index contributed by atoms with van der Waals surface area (Å²) in [4.78, 5) is 19.2. The van der Waals surface area contributed by atoms with E-state index in [1.807, 2.05) is 55.2 Å². The molecule has 1 aromatic carbocycles. The second-order valence-corrected chi connectivity index (χ2v) is 9.14. The van der Waals surface area contributed by atoms with Gasteiger partial charge in [-0.15, -0.1) is 0 Å². The summed E-state index contributed by atoms with van der Waals surface area (Å²) in [6.07, 6.45) is 8.32. The van der Waals surface area contributed by atoms with Crippen LogP contribution in [0.5, 0.6) is 11.5 Å². The largest absolute Gasteiger partial charge is 0.454 e. The van der Waals surface area contributed by atoms with Crippen molar-refractivity contribution in [3.63, 3.8) is 0 Å². The molecule has 3 aromatic heterocycles.